The van der Waals surface area contributed by atoms with Gasteiger partial charge in [0, 0.05) is 37.2 Å². The normalized spacial score (nSPS) is 17.3. The van der Waals surface area contributed by atoms with Crippen LogP contribution in [0, 0.1) is 11.3 Å². The standard InChI is InChI=1S/C27H19Cl3F3N3O2/c1-35(25(37)18-7-8-21(28)20(10-18)27(31,32)33)24-14-36(26(38)16-4-2-15(12-34)3-5-16)13-19(24)17-6-9-22(29)23(30)11-17/h2-11,19,24H,13-14H2,1H3/t19-,24+/m0/s1. The molecule has 0 aromatic heterocycles. The number of benzene rings is 3. The number of likely N-dealkylation sites (tertiary alicyclic amines) is 1. The van der Waals surface area contributed by atoms with E-state index in [4.69, 9.17) is 40.1 Å². The van der Waals surface area contributed by atoms with E-state index in [1.807, 2.05) is 6.07 Å². The summed E-state index contributed by atoms with van der Waals surface area (Å²) in [6, 6.07) is 15.6. The Kier molecular flexibility index (Phi) is 7.93. The minimum Gasteiger partial charge on any atom is -0.336 e. The molecule has 3 aromatic carbocycles. The molecule has 2 atom stereocenters. The second kappa shape index (κ2) is 10.9. The number of amides is 2. The molecule has 4 rings (SSSR count). The number of rotatable bonds is 4. The molecule has 1 aliphatic heterocycles. The lowest BCUT2D eigenvalue weighted by molar-refractivity contribution is -0.137. The van der Waals surface area contributed by atoms with E-state index in [9.17, 15) is 22.8 Å². The van der Waals surface area contributed by atoms with Crippen molar-refractivity contribution in [1.82, 2.24) is 9.80 Å². The van der Waals surface area contributed by atoms with Gasteiger partial charge in [-0.2, -0.15) is 18.4 Å². The van der Waals surface area contributed by atoms with Gasteiger partial charge < -0.3 is 9.80 Å². The number of halogens is 6. The second-order valence-electron chi connectivity index (χ2n) is 8.86. The summed E-state index contributed by atoms with van der Waals surface area (Å²) in [5.41, 5.74) is 0.184. The zero-order valence-electron chi connectivity index (χ0n) is 19.8. The Hall–Kier alpha value is -3.25. The maximum atomic E-state index is 13.4. The fourth-order valence-electron chi connectivity index (χ4n) is 4.52. The van der Waals surface area contributed by atoms with Gasteiger partial charge in [0.15, 0.2) is 0 Å². The van der Waals surface area contributed by atoms with Gasteiger partial charge in [-0.15, -0.1) is 0 Å². The number of carbonyl (C=O) groups excluding carboxylic acids is 2. The maximum absolute atomic E-state index is 13.4. The first-order valence-electron chi connectivity index (χ1n) is 11.3. The van der Waals surface area contributed by atoms with E-state index in [1.54, 1.807) is 35.2 Å². The molecular formula is C27H19Cl3F3N3O2. The lowest BCUT2D eigenvalue weighted by Crippen LogP contribution is -2.42. The Balaban J connectivity index is 1.68. The van der Waals surface area contributed by atoms with E-state index >= 15 is 0 Å². The summed E-state index contributed by atoms with van der Waals surface area (Å²) in [5.74, 6) is -1.38. The highest BCUT2D eigenvalue weighted by Crippen LogP contribution is 2.37. The third kappa shape index (κ3) is 5.60. The largest absolute Gasteiger partial charge is 0.417 e. The van der Waals surface area contributed by atoms with Crippen LogP contribution in [0.5, 0.6) is 0 Å². The van der Waals surface area contributed by atoms with E-state index in [0.29, 0.717) is 26.7 Å². The van der Waals surface area contributed by atoms with Crippen molar-refractivity contribution in [2.24, 2.45) is 0 Å². The fraction of sp³-hybridized carbons (Fsp3) is 0.222. The van der Waals surface area contributed by atoms with Gasteiger partial charge >= 0.3 is 6.18 Å². The predicted octanol–water partition coefficient (Wildman–Crippen LogP) is 6.92. The number of alkyl halides is 3. The van der Waals surface area contributed by atoms with Crippen molar-refractivity contribution in [2.75, 3.05) is 20.1 Å². The van der Waals surface area contributed by atoms with Crippen LogP contribution in [0.15, 0.2) is 60.7 Å². The molecule has 1 aliphatic rings. The van der Waals surface area contributed by atoms with Gasteiger partial charge in [-0.05, 0) is 60.2 Å². The van der Waals surface area contributed by atoms with E-state index in [2.05, 4.69) is 0 Å². The average molecular weight is 581 g/mol. The fourth-order valence-corrected chi connectivity index (χ4v) is 5.05. The van der Waals surface area contributed by atoms with E-state index < -0.39 is 34.6 Å². The first-order valence-corrected chi connectivity index (χ1v) is 12.4. The van der Waals surface area contributed by atoms with Crippen molar-refractivity contribution in [2.45, 2.75) is 18.1 Å². The summed E-state index contributed by atoms with van der Waals surface area (Å²) in [5, 5.41) is 9.15. The van der Waals surface area contributed by atoms with Crippen LogP contribution < -0.4 is 0 Å². The minimum atomic E-state index is -4.73. The molecule has 0 N–H and O–H groups in total. The molecular weight excluding hydrogens is 562 g/mol. The van der Waals surface area contributed by atoms with Crippen LogP contribution in [0.2, 0.25) is 15.1 Å². The SMILES string of the molecule is CN(C(=O)c1ccc(Cl)c(C(F)(F)F)c1)[C@@H]1CN(C(=O)c2ccc(C#N)cc2)C[C@H]1c1ccc(Cl)c(Cl)c1. The number of nitriles is 1. The third-order valence-electron chi connectivity index (χ3n) is 6.55. The summed E-state index contributed by atoms with van der Waals surface area (Å²) < 4.78 is 40.2. The smallest absolute Gasteiger partial charge is 0.336 e. The van der Waals surface area contributed by atoms with E-state index in [-0.39, 0.29) is 24.6 Å². The lowest BCUT2D eigenvalue weighted by atomic mass is 9.93. The van der Waals surface area contributed by atoms with Crippen LogP contribution in [0.3, 0.4) is 0 Å². The van der Waals surface area contributed by atoms with Gasteiger partial charge in [-0.1, -0.05) is 40.9 Å². The van der Waals surface area contributed by atoms with Gasteiger partial charge in [-0.25, -0.2) is 0 Å². The Bertz CT molecular complexity index is 1440. The molecule has 0 unspecified atom stereocenters. The zero-order valence-corrected chi connectivity index (χ0v) is 22.0. The molecule has 1 heterocycles. The van der Waals surface area contributed by atoms with Crippen molar-refractivity contribution >= 4 is 46.6 Å². The Labute approximate surface area is 231 Å². The monoisotopic (exact) mass is 579 g/mol. The number of nitrogens with zero attached hydrogens (tertiary/aromatic N) is 3. The van der Waals surface area contributed by atoms with Crippen LogP contribution in [0.1, 0.15) is 43.3 Å². The highest BCUT2D eigenvalue weighted by molar-refractivity contribution is 6.42. The van der Waals surface area contributed by atoms with Crippen LogP contribution in [-0.4, -0.2) is 47.8 Å². The predicted molar refractivity (Wildman–Crippen MR) is 139 cm³/mol. The number of carbonyl (C=O) groups is 2. The highest BCUT2D eigenvalue weighted by Gasteiger charge is 2.41. The lowest BCUT2D eigenvalue weighted by Gasteiger charge is -2.29. The Morgan fingerprint density at radius 2 is 1.55 bits per heavy atom. The number of hydrogen-bond acceptors (Lipinski definition) is 3. The summed E-state index contributed by atoms with van der Waals surface area (Å²) in [6.07, 6.45) is -4.73. The van der Waals surface area contributed by atoms with Crippen molar-refractivity contribution in [3.63, 3.8) is 0 Å². The maximum Gasteiger partial charge on any atom is 0.417 e. The molecule has 2 amide bonds. The van der Waals surface area contributed by atoms with Gasteiger partial charge in [0.1, 0.15) is 0 Å². The van der Waals surface area contributed by atoms with Crippen LogP contribution in [0.4, 0.5) is 13.2 Å². The van der Waals surface area contributed by atoms with Gasteiger partial charge in [0.25, 0.3) is 11.8 Å². The number of hydrogen-bond donors (Lipinski definition) is 0. The Morgan fingerprint density at radius 3 is 2.16 bits per heavy atom. The molecule has 0 saturated carbocycles. The molecule has 1 fully saturated rings. The number of likely N-dealkylation sites (N-methyl/N-ethyl adjacent to an activating group) is 1. The Morgan fingerprint density at radius 1 is 0.921 bits per heavy atom. The zero-order chi connectivity index (χ0) is 27.8. The van der Waals surface area contributed by atoms with Crippen molar-refractivity contribution < 1.29 is 22.8 Å². The first-order chi connectivity index (χ1) is 17.9. The van der Waals surface area contributed by atoms with Gasteiger partial charge in [0.05, 0.1) is 38.3 Å². The van der Waals surface area contributed by atoms with E-state index in [0.717, 1.165) is 12.1 Å². The third-order valence-corrected chi connectivity index (χ3v) is 7.61. The van der Waals surface area contributed by atoms with Crippen LogP contribution in [0.25, 0.3) is 0 Å². The average Bonchev–Trinajstić information content (AvgIpc) is 3.34. The molecule has 0 spiro atoms. The van der Waals surface area contributed by atoms with Crippen LogP contribution in [-0.2, 0) is 6.18 Å². The quantitative estimate of drug-likeness (QED) is 0.337. The second-order valence-corrected chi connectivity index (χ2v) is 10.1. The molecule has 1 saturated heterocycles. The van der Waals surface area contributed by atoms with Crippen molar-refractivity contribution in [1.29, 1.82) is 5.26 Å². The molecule has 0 bridgehead atoms. The summed E-state index contributed by atoms with van der Waals surface area (Å²) in [7, 11) is 1.48. The molecule has 0 radical (unpaired) electrons. The molecule has 38 heavy (non-hydrogen) atoms. The summed E-state index contributed by atoms with van der Waals surface area (Å²) in [6.45, 7) is 0.333. The summed E-state index contributed by atoms with van der Waals surface area (Å²) >= 11 is 18.0. The first kappa shape index (κ1) is 27.8. The molecule has 3 aromatic rings. The van der Waals surface area contributed by atoms with Crippen molar-refractivity contribution in [3.05, 3.63) is 104 Å². The van der Waals surface area contributed by atoms with Crippen LogP contribution >= 0.6 is 34.8 Å². The van der Waals surface area contributed by atoms with Crippen molar-refractivity contribution in [3.8, 4) is 6.07 Å². The highest BCUT2D eigenvalue weighted by atomic mass is 35.5. The van der Waals surface area contributed by atoms with E-state index in [1.165, 1.54) is 30.1 Å². The summed E-state index contributed by atoms with van der Waals surface area (Å²) in [4.78, 5) is 29.6. The van der Waals surface area contributed by atoms with Gasteiger partial charge in [0.2, 0.25) is 0 Å². The molecule has 0 aliphatic carbocycles. The molecule has 11 heteroatoms. The minimum absolute atomic E-state index is 0.117. The van der Waals surface area contributed by atoms with Gasteiger partial charge in [-0.3, -0.25) is 9.59 Å². The molecule has 5 nitrogen and oxygen atoms in total. The topological polar surface area (TPSA) is 64.4 Å². The molecule has 196 valence electrons.